The van der Waals surface area contributed by atoms with Gasteiger partial charge in [-0.15, -0.1) is 0 Å². The lowest BCUT2D eigenvalue weighted by Gasteiger charge is -2.33. The molecule has 1 aromatic carbocycles. The molecule has 2 aliphatic heterocycles. The predicted octanol–water partition coefficient (Wildman–Crippen LogP) is 3.11. The summed E-state index contributed by atoms with van der Waals surface area (Å²) in [5.74, 6) is 1.82. The zero-order chi connectivity index (χ0) is 18.6. The third kappa shape index (κ3) is 4.34. The van der Waals surface area contributed by atoms with Crippen LogP contribution in [0.15, 0.2) is 36.7 Å². The molecule has 0 aliphatic carbocycles. The highest BCUT2D eigenvalue weighted by atomic mass is 35.5. The van der Waals surface area contributed by atoms with Crippen LogP contribution in [0.5, 0.6) is 11.5 Å². The molecule has 1 atom stereocenters. The number of halogens is 1. The molecule has 0 spiro atoms. The molecule has 1 saturated heterocycles. The van der Waals surface area contributed by atoms with Crippen LogP contribution >= 0.6 is 11.6 Å². The SMILES string of the molecule is O=C(NC[C@@H]1CCCN(Cc2cc3c(cc2Cl)OCO3)C1)c1cccnc1. The van der Waals surface area contributed by atoms with Crippen LogP contribution in [0.2, 0.25) is 5.02 Å². The maximum atomic E-state index is 12.2. The van der Waals surface area contributed by atoms with E-state index in [1.54, 1.807) is 24.5 Å². The number of nitrogens with one attached hydrogen (secondary N) is 1. The van der Waals surface area contributed by atoms with Gasteiger partial charge in [-0.2, -0.15) is 0 Å². The van der Waals surface area contributed by atoms with E-state index in [0.717, 1.165) is 43.8 Å². The Bertz CT molecular complexity index is 816. The Balaban J connectivity index is 1.33. The van der Waals surface area contributed by atoms with E-state index < -0.39 is 0 Å². The number of hydrogen-bond acceptors (Lipinski definition) is 5. The first-order valence-corrected chi connectivity index (χ1v) is 9.55. The monoisotopic (exact) mass is 387 g/mol. The number of aromatic nitrogens is 1. The van der Waals surface area contributed by atoms with E-state index >= 15 is 0 Å². The maximum absolute atomic E-state index is 12.2. The number of ether oxygens (including phenoxy) is 2. The van der Waals surface area contributed by atoms with Crippen molar-refractivity contribution >= 4 is 17.5 Å². The number of pyridine rings is 1. The summed E-state index contributed by atoms with van der Waals surface area (Å²) in [5, 5.41) is 3.73. The summed E-state index contributed by atoms with van der Waals surface area (Å²) in [4.78, 5) is 18.6. The van der Waals surface area contributed by atoms with Gasteiger partial charge in [0.2, 0.25) is 6.79 Å². The lowest BCUT2D eigenvalue weighted by molar-refractivity contribution is 0.0930. The number of rotatable bonds is 5. The lowest BCUT2D eigenvalue weighted by atomic mass is 9.97. The molecule has 0 bridgehead atoms. The molecule has 142 valence electrons. The fourth-order valence-corrected chi connectivity index (χ4v) is 3.83. The van der Waals surface area contributed by atoms with Crippen molar-refractivity contribution in [2.45, 2.75) is 19.4 Å². The average Bonchev–Trinajstić information content (AvgIpc) is 3.14. The highest BCUT2D eigenvalue weighted by Crippen LogP contribution is 2.37. The van der Waals surface area contributed by atoms with Crippen molar-refractivity contribution in [2.75, 3.05) is 26.4 Å². The molecule has 3 heterocycles. The van der Waals surface area contributed by atoms with Crippen molar-refractivity contribution < 1.29 is 14.3 Å². The first kappa shape index (κ1) is 18.1. The third-order valence-electron chi connectivity index (χ3n) is 5.01. The van der Waals surface area contributed by atoms with E-state index in [0.29, 0.717) is 28.8 Å². The van der Waals surface area contributed by atoms with E-state index in [1.165, 1.54) is 0 Å². The van der Waals surface area contributed by atoms with Gasteiger partial charge in [-0.3, -0.25) is 14.7 Å². The molecule has 7 heteroatoms. The standard InChI is InChI=1S/C20H22ClN3O3/c21-17-8-19-18(26-13-27-19)7-16(17)12-24-6-2-3-14(11-24)9-23-20(25)15-4-1-5-22-10-15/h1,4-5,7-8,10,14H,2-3,6,9,11-13H2,(H,23,25)/t14-/m0/s1. The summed E-state index contributed by atoms with van der Waals surface area (Å²) in [6.45, 7) is 3.63. The van der Waals surface area contributed by atoms with Gasteiger partial charge in [0.05, 0.1) is 5.56 Å². The number of piperidine rings is 1. The van der Waals surface area contributed by atoms with Crippen molar-refractivity contribution in [1.82, 2.24) is 15.2 Å². The number of fused-ring (bicyclic) bond motifs is 1. The number of amides is 1. The molecule has 2 aromatic rings. The van der Waals surface area contributed by atoms with Gasteiger partial charge in [-0.1, -0.05) is 11.6 Å². The highest BCUT2D eigenvalue weighted by molar-refractivity contribution is 6.31. The van der Waals surface area contributed by atoms with Crippen LogP contribution in [0.25, 0.3) is 0 Å². The molecule has 1 amide bonds. The molecule has 1 fully saturated rings. The molecular weight excluding hydrogens is 366 g/mol. The van der Waals surface area contributed by atoms with Crippen molar-refractivity contribution in [3.63, 3.8) is 0 Å². The van der Waals surface area contributed by atoms with Gasteiger partial charge in [0.1, 0.15) is 0 Å². The zero-order valence-electron chi connectivity index (χ0n) is 15.0. The molecule has 27 heavy (non-hydrogen) atoms. The topological polar surface area (TPSA) is 63.7 Å². The van der Waals surface area contributed by atoms with Gasteiger partial charge in [-0.25, -0.2) is 0 Å². The molecule has 0 unspecified atom stereocenters. The quantitative estimate of drug-likeness (QED) is 0.854. The molecule has 6 nitrogen and oxygen atoms in total. The summed E-state index contributed by atoms with van der Waals surface area (Å²) in [6, 6.07) is 7.34. The fraction of sp³-hybridized carbons (Fsp3) is 0.400. The maximum Gasteiger partial charge on any atom is 0.252 e. The lowest BCUT2D eigenvalue weighted by Crippen LogP contribution is -2.40. The number of carbonyl (C=O) groups is 1. The largest absolute Gasteiger partial charge is 0.454 e. The minimum Gasteiger partial charge on any atom is -0.454 e. The summed E-state index contributed by atoms with van der Waals surface area (Å²) in [7, 11) is 0. The Morgan fingerprint density at radius 2 is 2.19 bits per heavy atom. The van der Waals surface area contributed by atoms with Crippen LogP contribution in [0.1, 0.15) is 28.8 Å². The van der Waals surface area contributed by atoms with E-state index in [1.807, 2.05) is 12.1 Å². The van der Waals surface area contributed by atoms with Crippen LogP contribution < -0.4 is 14.8 Å². The summed E-state index contributed by atoms with van der Waals surface area (Å²) < 4.78 is 10.8. The number of carbonyl (C=O) groups excluding carboxylic acids is 1. The van der Waals surface area contributed by atoms with Crippen LogP contribution in [-0.2, 0) is 6.54 Å². The molecule has 1 N–H and O–H groups in total. The van der Waals surface area contributed by atoms with Gasteiger partial charge in [0.15, 0.2) is 11.5 Å². The first-order valence-electron chi connectivity index (χ1n) is 9.17. The van der Waals surface area contributed by atoms with Crippen molar-refractivity contribution in [1.29, 1.82) is 0 Å². The minimum atomic E-state index is -0.0703. The van der Waals surface area contributed by atoms with Crippen LogP contribution in [0.4, 0.5) is 0 Å². The summed E-state index contributed by atoms with van der Waals surface area (Å²) >= 11 is 6.41. The van der Waals surface area contributed by atoms with Gasteiger partial charge in [0, 0.05) is 43.1 Å². The van der Waals surface area contributed by atoms with Crippen LogP contribution in [-0.4, -0.2) is 42.2 Å². The third-order valence-corrected chi connectivity index (χ3v) is 5.37. The van der Waals surface area contributed by atoms with Crippen molar-refractivity contribution in [2.24, 2.45) is 5.92 Å². The second kappa shape index (κ2) is 8.15. The van der Waals surface area contributed by atoms with E-state index in [4.69, 9.17) is 21.1 Å². The predicted molar refractivity (Wildman–Crippen MR) is 102 cm³/mol. The second-order valence-corrected chi connectivity index (χ2v) is 7.40. The molecule has 2 aliphatic rings. The Morgan fingerprint density at radius 3 is 3.00 bits per heavy atom. The first-order chi connectivity index (χ1) is 13.2. The Labute approximate surface area is 163 Å². The number of likely N-dealkylation sites (tertiary alicyclic amines) is 1. The molecule has 0 saturated carbocycles. The highest BCUT2D eigenvalue weighted by Gasteiger charge is 2.23. The van der Waals surface area contributed by atoms with E-state index in [-0.39, 0.29) is 12.7 Å². The van der Waals surface area contributed by atoms with Crippen molar-refractivity contribution in [3.8, 4) is 11.5 Å². The number of hydrogen-bond donors (Lipinski definition) is 1. The average molecular weight is 388 g/mol. The molecular formula is C20H22ClN3O3. The van der Waals surface area contributed by atoms with E-state index in [9.17, 15) is 4.79 Å². The number of benzene rings is 1. The van der Waals surface area contributed by atoms with E-state index in [2.05, 4.69) is 15.2 Å². The van der Waals surface area contributed by atoms with Gasteiger partial charge < -0.3 is 14.8 Å². The summed E-state index contributed by atoms with van der Waals surface area (Å²) in [5.41, 5.74) is 1.64. The fourth-order valence-electron chi connectivity index (χ4n) is 3.62. The number of nitrogens with zero attached hydrogens (tertiary/aromatic N) is 2. The van der Waals surface area contributed by atoms with Gasteiger partial charge >= 0.3 is 0 Å². The Kier molecular flexibility index (Phi) is 5.45. The Morgan fingerprint density at radius 1 is 1.33 bits per heavy atom. The molecule has 1 aromatic heterocycles. The van der Waals surface area contributed by atoms with Crippen molar-refractivity contribution in [3.05, 3.63) is 52.8 Å². The Hall–Kier alpha value is -2.31. The summed E-state index contributed by atoms with van der Waals surface area (Å²) in [6.07, 6.45) is 5.47. The zero-order valence-corrected chi connectivity index (χ0v) is 15.7. The smallest absolute Gasteiger partial charge is 0.252 e. The van der Waals surface area contributed by atoms with Gasteiger partial charge in [-0.05, 0) is 49.1 Å². The van der Waals surface area contributed by atoms with Gasteiger partial charge in [0.25, 0.3) is 5.91 Å². The minimum absolute atomic E-state index is 0.0703. The molecule has 0 radical (unpaired) electrons. The second-order valence-electron chi connectivity index (χ2n) is 6.99. The molecule has 4 rings (SSSR count). The van der Waals surface area contributed by atoms with Crippen LogP contribution in [0, 0.1) is 5.92 Å². The normalized spacial score (nSPS) is 19.1. The van der Waals surface area contributed by atoms with Crippen LogP contribution in [0.3, 0.4) is 0 Å².